The number of aromatic nitrogens is 1. The SMILES string of the molecule is C=CS(=O)(=O)c1ccc(/C=C/c2ccc(N(CC)CC)cc2)cc1.CC(C)CN1C(=O)c2cccc3c(NCCN)ccc(c23)C1=O.CC(C)N1C(=O)c2cccc3c(N(C)CCO)ccc(c23)C1=O.CNc1ccc(-c2oc3ccccc3c(=O)c2O)cc1.O=C1C(c2[nH]c3ccccc3c2O)=Nc2ccccc21. The number of imide groups is 2. The molecule has 15 rings (SSSR count). The number of Topliss-reactive ketones (excluding diaryl/α,β-unsaturated/α-hetero) is 1. The first kappa shape index (κ1) is 78.3. The molecule has 0 saturated carbocycles. The van der Waals surface area contributed by atoms with Gasteiger partial charge in [-0.25, -0.2) is 13.4 Å². The van der Waals surface area contributed by atoms with Crippen LogP contribution >= 0.6 is 0 Å². The number of rotatable bonds is 19. The second kappa shape index (κ2) is 34.4. The number of aliphatic hydroxyl groups is 1. The number of hydrogen-bond donors (Lipinski definition) is 7. The third-order valence-corrected chi connectivity index (χ3v) is 20.3. The van der Waals surface area contributed by atoms with Gasteiger partial charge in [-0.2, -0.15) is 0 Å². The number of carbonyl (C=O) groups excluding carboxylic acids is 5. The molecule has 0 bridgehead atoms. The Morgan fingerprint density at radius 1 is 0.627 bits per heavy atom. The molecule has 110 heavy (non-hydrogen) atoms. The zero-order chi connectivity index (χ0) is 78.7. The minimum atomic E-state index is -3.36. The normalized spacial score (nSPS) is 12.8. The van der Waals surface area contributed by atoms with Crippen molar-refractivity contribution >= 4 is 129 Å². The van der Waals surface area contributed by atoms with E-state index in [1.807, 2.05) is 132 Å². The van der Waals surface area contributed by atoms with E-state index in [2.05, 4.69) is 70.2 Å². The molecule has 0 spiro atoms. The molecule has 0 radical (unpaired) electrons. The van der Waals surface area contributed by atoms with Crippen LogP contribution < -0.4 is 31.6 Å². The largest absolute Gasteiger partial charge is 0.505 e. The fourth-order valence-corrected chi connectivity index (χ4v) is 14.0. The molecule has 0 saturated heterocycles. The van der Waals surface area contributed by atoms with Gasteiger partial charge >= 0.3 is 0 Å². The number of aliphatic imine (C=N–C) groups is 1. The number of hydrogen-bond acceptors (Lipinski definition) is 18. The average Bonchev–Trinajstić information content (AvgIpc) is 1.00. The van der Waals surface area contributed by atoms with Crippen LogP contribution in [0.1, 0.15) is 110 Å². The first-order chi connectivity index (χ1) is 53.0. The summed E-state index contributed by atoms with van der Waals surface area (Å²) >= 11 is 0. The lowest BCUT2D eigenvalue weighted by Gasteiger charge is -2.31. The number of carbonyl (C=O) groups is 5. The molecule has 2 aromatic heterocycles. The minimum Gasteiger partial charge on any atom is -0.505 e. The van der Waals surface area contributed by atoms with Crippen LogP contribution in [0.2, 0.25) is 0 Å². The molecule has 5 heterocycles. The van der Waals surface area contributed by atoms with Crippen molar-refractivity contribution in [2.75, 3.05) is 80.4 Å². The Kier molecular flexibility index (Phi) is 24.5. The zero-order valence-corrected chi connectivity index (χ0v) is 63.2. The van der Waals surface area contributed by atoms with Gasteiger partial charge in [0.15, 0.2) is 21.3 Å². The molecule has 8 N–H and O–H groups in total. The first-order valence-corrected chi connectivity index (χ1v) is 37.7. The van der Waals surface area contributed by atoms with Crippen LogP contribution in [0, 0.1) is 5.92 Å². The molecule has 22 heteroatoms. The minimum absolute atomic E-state index is 0.0401. The second-order valence-corrected chi connectivity index (χ2v) is 28.7. The van der Waals surface area contributed by atoms with Gasteiger partial charge in [-0.05, 0) is 166 Å². The Bertz CT molecular complexity index is 5680. The van der Waals surface area contributed by atoms with Gasteiger partial charge in [-0.3, -0.25) is 38.6 Å². The Labute approximate surface area is 637 Å². The highest BCUT2D eigenvalue weighted by Gasteiger charge is 2.37. The Morgan fingerprint density at radius 3 is 1.78 bits per heavy atom. The number of ketones is 1. The maximum atomic E-state index is 12.7. The highest BCUT2D eigenvalue weighted by molar-refractivity contribution is 7.94. The van der Waals surface area contributed by atoms with Crippen LogP contribution in [0.5, 0.6) is 11.5 Å². The monoisotopic (exact) mass is 1490 g/mol. The number of nitrogens with two attached hydrogens (primary N) is 1. The molecule has 3 aliphatic heterocycles. The molecule has 4 amide bonds. The van der Waals surface area contributed by atoms with E-state index in [0.717, 1.165) is 68.4 Å². The molecule has 21 nitrogen and oxygen atoms in total. The van der Waals surface area contributed by atoms with Gasteiger partial charge in [0, 0.05) is 153 Å². The number of benzene rings is 10. The number of sulfone groups is 1. The number of aliphatic hydroxyl groups excluding tert-OH is 1. The van der Waals surface area contributed by atoms with E-state index in [1.165, 1.54) is 15.5 Å². The molecular formula is C88H87N9O12S. The van der Waals surface area contributed by atoms with Crippen LogP contribution in [0.15, 0.2) is 237 Å². The van der Waals surface area contributed by atoms with Crippen LogP contribution in [0.4, 0.5) is 28.4 Å². The third kappa shape index (κ3) is 16.4. The highest BCUT2D eigenvalue weighted by atomic mass is 32.2. The van der Waals surface area contributed by atoms with Crippen molar-refractivity contribution in [2.24, 2.45) is 16.6 Å². The third-order valence-electron chi connectivity index (χ3n) is 18.9. The van der Waals surface area contributed by atoms with Crippen molar-refractivity contribution in [2.45, 2.75) is 52.5 Å². The lowest BCUT2D eigenvalue weighted by molar-refractivity contribution is 0.0557. The number of aromatic hydroxyl groups is 2. The van der Waals surface area contributed by atoms with E-state index in [0.29, 0.717) is 92.7 Å². The number of H-pyrrole nitrogens is 1. The van der Waals surface area contributed by atoms with Crippen molar-refractivity contribution in [1.29, 1.82) is 0 Å². The van der Waals surface area contributed by atoms with Gasteiger partial charge < -0.3 is 50.9 Å². The summed E-state index contributed by atoms with van der Waals surface area (Å²) in [5.41, 5.74) is 17.2. The summed E-state index contributed by atoms with van der Waals surface area (Å²) in [4.78, 5) is 89.9. The molecule has 0 atom stereocenters. The second-order valence-electron chi connectivity index (χ2n) is 26.8. The van der Waals surface area contributed by atoms with E-state index in [1.54, 1.807) is 109 Å². The molecule has 12 aromatic rings. The fraction of sp³-hybridized carbons (Fsp3) is 0.193. The summed E-state index contributed by atoms with van der Waals surface area (Å²) in [6.07, 6.45) is 3.99. The molecule has 10 aromatic carbocycles. The van der Waals surface area contributed by atoms with E-state index in [-0.39, 0.29) is 75.8 Å². The van der Waals surface area contributed by atoms with Gasteiger partial charge in [-0.15, -0.1) is 0 Å². The number of para-hydroxylation sites is 3. The molecule has 562 valence electrons. The Morgan fingerprint density at radius 2 is 1.18 bits per heavy atom. The smallest absolute Gasteiger partial charge is 0.261 e. The topological polar surface area (TPSA) is 302 Å². The van der Waals surface area contributed by atoms with Crippen molar-refractivity contribution in [1.82, 2.24) is 14.8 Å². The van der Waals surface area contributed by atoms with Gasteiger partial charge in [0.25, 0.3) is 23.6 Å². The number of amides is 4. The summed E-state index contributed by atoms with van der Waals surface area (Å²) in [6, 6.07) is 62.1. The summed E-state index contributed by atoms with van der Waals surface area (Å²) in [5.74, 6) is -0.944. The number of nitrogens with one attached hydrogen (secondary N) is 3. The maximum absolute atomic E-state index is 12.7. The van der Waals surface area contributed by atoms with Gasteiger partial charge in [-0.1, -0.05) is 118 Å². The van der Waals surface area contributed by atoms with Crippen LogP contribution in [0.25, 0.3) is 66.9 Å². The summed E-state index contributed by atoms with van der Waals surface area (Å²) < 4.78 is 29.0. The molecule has 0 unspecified atom stereocenters. The summed E-state index contributed by atoms with van der Waals surface area (Å²) in [5, 5.41) is 41.0. The predicted molar refractivity (Wildman–Crippen MR) is 440 cm³/mol. The van der Waals surface area contributed by atoms with E-state index < -0.39 is 15.3 Å². The molecule has 0 fully saturated rings. The standard InChI is InChI=1S/C20H23NO2S.C18H21N3O2.C18H20N2O3.C16H10N2O2.C16H13NO3/c1-4-21(5-2)19-13-9-17(10-14-19)7-8-18-11-15-20(16-12-18)24(22,23)6-3;1-11(2)10-21-17(22)13-5-3-4-12-15(20-9-8-19)7-6-14(16(12)13)18(21)23;1-11(2)20-17(22)13-6-4-5-12-15(19(3)9-10-21)8-7-14(16(12)13)18(20)23;19-15-9-5-1-3-7-11(9)17-13(15)14-16(20)10-6-2-4-8-12(10)18-14;1-17-11-8-6-10(7-9-11)16-15(19)14(18)12-4-2-3-5-13(12)20-16/h6-16H,3-5H2,1-2H3;3-7,11,20H,8-10,19H2,1-2H3;4-8,11,21H,9-10H2,1-3H3;1-8,17,19H;2-9,17,19H,1H3/b8-7+;;;;. The fourth-order valence-electron chi connectivity index (χ4n) is 13.3. The van der Waals surface area contributed by atoms with Crippen molar-refractivity contribution in [3.05, 3.63) is 273 Å². The van der Waals surface area contributed by atoms with Gasteiger partial charge in [0.1, 0.15) is 17.0 Å². The van der Waals surface area contributed by atoms with Crippen LogP contribution in [0.3, 0.4) is 0 Å². The molecular weight excluding hydrogens is 1410 g/mol. The quantitative estimate of drug-likeness (QED) is 0.0292. The van der Waals surface area contributed by atoms with Crippen molar-refractivity contribution in [3.8, 4) is 22.8 Å². The lowest BCUT2D eigenvalue weighted by atomic mass is 9.92. The molecule has 3 aliphatic rings. The van der Waals surface area contributed by atoms with Crippen molar-refractivity contribution < 1.29 is 52.1 Å². The maximum Gasteiger partial charge on any atom is 0.261 e. The van der Waals surface area contributed by atoms with Gasteiger partial charge in [0.2, 0.25) is 17.0 Å². The zero-order valence-electron chi connectivity index (χ0n) is 62.4. The average molecular weight is 1490 g/mol. The Hall–Kier alpha value is -12.8. The lowest BCUT2D eigenvalue weighted by Crippen LogP contribution is -2.44. The van der Waals surface area contributed by atoms with E-state index in [9.17, 15) is 47.4 Å². The van der Waals surface area contributed by atoms with Crippen LogP contribution in [-0.2, 0) is 9.84 Å². The number of anilines is 4. The highest BCUT2D eigenvalue weighted by Crippen LogP contribution is 2.39. The first-order valence-electron chi connectivity index (χ1n) is 36.1. The van der Waals surface area contributed by atoms with Gasteiger partial charge in [0.05, 0.1) is 22.6 Å². The van der Waals surface area contributed by atoms with E-state index in [4.69, 9.17) is 15.3 Å². The van der Waals surface area contributed by atoms with Crippen LogP contribution in [-0.4, -0.2) is 140 Å². The Balaban J connectivity index is 0.000000137. The molecule has 0 aliphatic carbocycles. The number of aromatic amines is 1. The summed E-state index contributed by atoms with van der Waals surface area (Å²) in [7, 11) is 0.339. The number of likely N-dealkylation sites (N-methyl/N-ethyl adjacent to an activating group) is 1. The number of fused-ring (bicyclic) bond motifs is 3. The number of nitrogens with zero attached hydrogens (tertiary/aromatic N) is 5. The van der Waals surface area contributed by atoms with E-state index >= 15 is 0 Å². The summed E-state index contributed by atoms with van der Waals surface area (Å²) in [6.45, 7) is 19.4. The van der Waals surface area contributed by atoms with Crippen molar-refractivity contribution in [3.63, 3.8) is 0 Å². The predicted octanol–water partition coefficient (Wildman–Crippen LogP) is 15.8.